The van der Waals surface area contributed by atoms with E-state index < -0.39 is 11.6 Å². The van der Waals surface area contributed by atoms with Crippen molar-refractivity contribution in [2.75, 3.05) is 19.6 Å². The first-order chi connectivity index (χ1) is 9.56. The van der Waals surface area contributed by atoms with Crippen LogP contribution in [0.5, 0.6) is 0 Å². The summed E-state index contributed by atoms with van der Waals surface area (Å²) in [5.74, 6) is -1.15. The largest absolute Gasteiger partial charge is 0.342 e. The summed E-state index contributed by atoms with van der Waals surface area (Å²) in [7, 11) is 0. The summed E-state index contributed by atoms with van der Waals surface area (Å²) in [5.41, 5.74) is 0.508. The molecule has 1 fully saturated rings. The number of hydrogen-bond donors (Lipinski definition) is 1. The van der Waals surface area contributed by atoms with Gasteiger partial charge in [0.2, 0.25) is 5.91 Å². The number of amides is 1. The van der Waals surface area contributed by atoms with Crippen molar-refractivity contribution in [2.24, 2.45) is 0 Å². The molecule has 0 saturated carbocycles. The van der Waals surface area contributed by atoms with Crippen molar-refractivity contribution in [3.63, 3.8) is 0 Å². The number of carbonyl (C=O) groups excluding carboxylic acids is 1. The van der Waals surface area contributed by atoms with Gasteiger partial charge in [-0.25, -0.2) is 8.78 Å². The quantitative estimate of drug-likeness (QED) is 0.920. The van der Waals surface area contributed by atoms with E-state index in [2.05, 4.69) is 5.32 Å². The Morgan fingerprint density at radius 2 is 1.80 bits per heavy atom. The van der Waals surface area contributed by atoms with Crippen molar-refractivity contribution < 1.29 is 13.6 Å². The Morgan fingerprint density at radius 1 is 1.20 bits per heavy atom. The highest BCUT2D eigenvalue weighted by molar-refractivity contribution is 5.78. The van der Waals surface area contributed by atoms with Gasteiger partial charge in [-0.05, 0) is 43.9 Å². The second-order valence-electron chi connectivity index (χ2n) is 5.25. The highest BCUT2D eigenvalue weighted by atomic mass is 19.1. The summed E-state index contributed by atoms with van der Waals surface area (Å²) in [6, 6.07) is 3.14. The lowest BCUT2D eigenvalue weighted by molar-refractivity contribution is -0.131. The highest BCUT2D eigenvalue weighted by Gasteiger charge is 2.17. The number of likely N-dealkylation sites (tertiary alicyclic amines) is 1. The predicted octanol–water partition coefficient (Wildman–Crippen LogP) is 2.63. The maximum Gasteiger partial charge on any atom is 0.236 e. The molecule has 110 valence electrons. The first-order valence-corrected chi connectivity index (χ1v) is 7.03. The van der Waals surface area contributed by atoms with E-state index in [1.807, 2.05) is 4.90 Å². The molecule has 1 heterocycles. The van der Waals surface area contributed by atoms with Gasteiger partial charge >= 0.3 is 0 Å². The fraction of sp³-hybridized carbons (Fsp3) is 0.533. The molecule has 0 radical (unpaired) electrons. The molecule has 1 aromatic carbocycles. The fourth-order valence-electron chi connectivity index (χ4n) is 2.44. The van der Waals surface area contributed by atoms with Gasteiger partial charge < -0.3 is 10.2 Å². The molecule has 1 amide bonds. The summed E-state index contributed by atoms with van der Waals surface area (Å²) in [5, 5.41) is 3.03. The van der Waals surface area contributed by atoms with Gasteiger partial charge in [-0.3, -0.25) is 4.79 Å². The average Bonchev–Trinajstić information content (AvgIpc) is 2.44. The Labute approximate surface area is 118 Å². The third-order valence-corrected chi connectivity index (χ3v) is 3.65. The SMILES string of the molecule is CC(NCC(=O)N1CCCCC1)c1cc(F)cc(F)c1. The van der Waals surface area contributed by atoms with Crippen LogP contribution in [-0.2, 0) is 4.79 Å². The highest BCUT2D eigenvalue weighted by Crippen LogP contribution is 2.16. The average molecular weight is 282 g/mol. The van der Waals surface area contributed by atoms with E-state index in [4.69, 9.17) is 0 Å². The number of rotatable bonds is 4. The number of halogens is 2. The molecule has 20 heavy (non-hydrogen) atoms. The van der Waals surface area contributed by atoms with Crippen LogP contribution in [0.3, 0.4) is 0 Å². The third kappa shape index (κ3) is 4.00. The minimum absolute atomic E-state index is 0.0495. The van der Waals surface area contributed by atoms with E-state index in [9.17, 15) is 13.6 Å². The molecule has 0 spiro atoms. The van der Waals surface area contributed by atoms with Gasteiger partial charge in [0.15, 0.2) is 0 Å². The molecule has 1 N–H and O–H groups in total. The van der Waals surface area contributed by atoms with Gasteiger partial charge in [0.1, 0.15) is 11.6 Å². The lowest BCUT2D eigenvalue weighted by atomic mass is 10.1. The summed E-state index contributed by atoms with van der Waals surface area (Å²) in [6.45, 7) is 3.60. The minimum atomic E-state index is -0.601. The number of piperidine rings is 1. The van der Waals surface area contributed by atoms with Crippen molar-refractivity contribution in [3.8, 4) is 0 Å². The molecule has 1 aromatic rings. The smallest absolute Gasteiger partial charge is 0.236 e. The van der Waals surface area contributed by atoms with Gasteiger partial charge in [0.25, 0.3) is 0 Å². The maximum atomic E-state index is 13.1. The Bertz CT molecular complexity index is 453. The van der Waals surface area contributed by atoms with Crippen LogP contribution in [0.25, 0.3) is 0 Å². The number of benzene rings is 1. The summed E-state index contributed by atoms with van der Waals surface area (Å²) in [6.07, 6.45) is 3.28. The van der Waals surface area contributed by atoms with Gasteiger partial charge in [-0.15, -0.1) is 0 Å². The zero-order valence-corrected chi connectivity index (χ0v) is 11.7. The predicted molar refractivity (Wildman–Crippen MR) is 73.2 cm³/mol. The molecule has 1 unspecified atom stereocenters. The Kier molecular flexibility index (Phi) is 5.06. The molecular formula is C15H20F2N2O. The first kappa shape index (κ1) is 14.9. The minimum Gasteiger partial charge on any atom is -0.342 e. The van der Waals surface area contributed by atoms with Crippen LogP contribution in [0.2, 0.25) is 0 Å². The Morgan fingerprint density at radius 3 is 2.40 bits per heavy atom. The van der Waals surface area contributed by atoms with E-state index in [1.165, 1.54) is 18.6 Å². The van der Waals surface area contributed by atoms with Crippen LogP contribution in [0, 0.1) is 11.6 Å². The zero-order valence-electron chi connectivity index (χ0n) is 11.7. The number of nitrogens with zero attached hydrogens (tertiary/aromatic N) is 1. The maximum absolute atomic E-state index is 13.1. The van der Waals surface area contributed by atoms with E-state index in [1.54, 1.807) is 6.92 Å². The first-order valence-electron chi connectivity index (χ1n) is 7.03. The summed E-state index contributed by atoms with van der Waals surface area (Å²) < 4.78 is 26.3. The van der Waals surface area contributed by atoms with Crippen LogP contribution in [0.1, 0.15) is 37.8 Å². The van der Waals surface area contributed by atoms with Gasteiger partial charge in [-0.2, -0.15) is 0 Å². The third-order valence-electron chi connectivity index (χ3n) is 3.65. The zero-order chi connectivity index (χ0) is 14.5. The van der Waals surface area contributed by atoms with Gasteiger partial charge in [-0.1, -0.05) is 0 Å². The molecule has 1 saturated heterocycles. The fourth-order valence-corrected chi connectivity index (χ4v) is 2.44. The van der Waals surface area contributed by atoms with E-state index in [-0.39, 0.29) is 18.5 Å². The Hall–Kier alpha value is -1.49. The van der Waals surface area contributed by atoms with Crippen molar-refractivity contribution in [1.29, 1.82) is 0 Å². The van der Waals surface area contributed by atoms with Crippen LogP contribution in [0.15, 0.2) is 18.2 Å². The van der Waals surface area contributed by atoms with Crippen molar-refractivity contribution in [3.05, 3.63) is 35.4 Å². The van der Waals surface area contributed by atoms with Crippen molar-refractivity contribution in [1.82, 2.24) is 10.2 Å². The van der Waals surface area contributed by atoms with E-state index in [0.717, 1.165) is 32.0 Å². The van der Waals surface area contributed by atoms with Crippen LogP contribution >= 0.6 is 0 Å². The van der Waals surface area contributed by atoms with Gasteiger partial charge in [0.05, 0.1) is 6.54 Å². The van der Waals surface area contributed by atoms with Gasteiger partial charge in [0, 0.05) is 25.2 Å². The van der Waals surface area contributed by atoms with E-state index in [0.29, 0.717) is 5.56 Å². The van der Waals surface area contributed by atoms with E-state index >= 15 is 0 Å². The molecule has 2 rings (SSSR count). The monoisotopic (exact) mass is 282 g/mol. The molecule has 5 heteroatoms. The Balaban J connectivity index is 1.87. The van der Waals surface area contributed by atoms with Crippen LogP contribution in [0.4, 0.5) is 8.78 Å². The molecule has 0 bridgehead atoms. The standard InChI is InChI=1S/C15H20F2N2O/c1-11(12-7-13(16)9-14(17)8-12)18-10-15(20)19-5-3-2-4-6-19/h7-9,11,18H,2-6,10H2,1H3. The number of nitrogens with one attached hydrogen (secondary N) is 1. The molecule has 1 aliphatic rings. The van der Waals surface area contributed by atoms with Crippen molar-refractivity contribution >= 4 is 5.91 Å². The normalized spacial score (nSPS) is 17.1. The molecular weight excluding hydrogens is 262 g/mol. The number of carbonyl (C=O) groups is 1. The van der Waals surface area contributed by atoms with Crippen LogP contribution < -0.4 is 5.32 Å². The summed E-state index contributed by atoms with van der Waals surface area (Å²) >= 11 is 0. The molecule has 0 aromatic heterocycles. The molecule has 1 aliphatic heterocycles. The second-order valence-corrected chi connectivity index (χ2v) is 5.25. The van der Waals surface area contributed by atoms with Crippen LogP contribution in [-0.4, -0.2) is 30.4 Å². The lowest BCUT2D eigenvalue weighted by Crippen LogP contribution is -2.41. The molecule has 3 nitrogen and oxygen atoms in total. The topological polar surface area (TPSA) is 32.3 Å². The molecule has 1 atom stereocenters. The second kappa shape index (κ2) is 6.79. The molecule has 0 aliphatic carbocycles. The summed E-state index contributed by atoms with van der Waals surface area (Å²) in [4.78, 5) is 13.8. The lowest BCUT2D eigenvalue weighted by Gasteiger charge is -2.27. The number of hydrogen-bond acceptors (Lipinski definition) is 2. The van der Waals surface area contributed by atoms with Crippen molar-refractivity contribution in [2.45, 2.75) is 32.2 Å².